The van der Waals surface area contributed by atoms with Gasteiger partial charge in [-0.2, -0.15) is 21.9 Å². The maximum atomic E-state index is 2.40. The van der Waals surface area contributed by atoms with Crippen molar-refractivity contribution in [2.45, 2.75) is 51.9 Å². The zero-order valence-corrected chi connectivity index (χ0v) is 23.5. The minimum absolute atomic E-state index is 0. The second-order valence-corrected chi connectivity index (χ2v) is 15.2. The van der Waals surface area contributed by atoms with Gasteiger partial charge in [0.1, 0.15) is 6.15 Å². The molecule has 4 aromatic rings. The SMILES string of the molecule is CP(C(C)(C)C)C(C)(C)C.[H+].c1ccc([B-](c2ccccc2)(c2ccccc2)c2ccccc2)cc1. The topological polar surface area (TPSA) is 0 Å². The van der Waals surface area contributed by atoms with Crippen LogP contribution in [0.1, 0.15) is 43.0 Å². The Hall–Kier alpha value is -2.63. The molecule has 182 valence electrons. The van der Waals surface area contributed by atoms with Gasteiger partial charge in [0.05, 0.1) is 0 Å². The van der Waals surface area contributed by atoms with Gasteiger partial charge in [0.25, 0.3) is 0 Å². The number of hydrogen-bond donors (Lipinski definition) is 0. The predicted octanol–water partition coefficient (Wildman–Crippen LogP) is 6.87. The fourth-order valence-electron chi connectivity index (χ4n) is 5.13. The van der Waals surface area contributed by atoms with E-state index >= 15 is 0 Å². The Kier molecular flexibility index (Phi) is 8.79. The summed E-state index contributed by atoms with van der Waals surface area (Å²) < 4.78 is 0. The molecule has 0 fully saturated rings. The monoisotopic (exact) mass is 480 g/mol. The highest BCUT2D eigenvalue weighted by atomic mass is 31.1. The minimum Gasteiger partial charge on any atom is -0.195 e. The number of hydrogen-bond acceptors (Lipinski definition) is 0. The molecule has 0 amide bonds. The van der Waals surface area contributed by atoms with Crippen molar-refractivity contribution in [2.75, 3.05) is 6.66 Å². The minimum atomic E-state index is -1.22. The lowest BCUT2D eigenvalue weighted by atomic mass is 9.13. The van der Waals surface area contributed by atoms with E-state index in [2.05, 4.69) is 170 Å². The van der Waals surface area contributed by atoms with Gasteiger partial charge in [-0.1, -0.05) is 171 Å². The molecule has 0 atom stereocenters. The van der Waals surface area contributed by atoms with Crippen LogP contribution in [0.5, 0.6) is 0 Å². The molecule has 0 nitrogen and oxygen atoms in total. The normalized spacial score (nSPS) is 12.1. The van der Waals surface area contributed by atoms with Crippen molar-refractivity contribution >= 4 is 35.9 Å². The molecule has 4 rings (SSSR count). The molecule has 0 aromatic heterocycles. The zero-order chi connectivity index (χ0) is 25.5. The van der Waals surface area contributed by atoms with E-state index in [4.69, 9.17) is 0 Å². The van der Waals surface area contributed by atoms with Crippen molar-refractivity contribution in [1.29, 1.82) is 0 Å². The average molecular weight is 480 g/mol. The summed E-state index contributed by atoms with van der Waals surface area (Å²) in [7, 11) is 0.137. The maximum absolute atomic E-state index is 2.40. The van der Waals surface area contributed by atoms with Gasteiger partial charge in [0.15, 0.2) is 0 Å². The lowest BCUT2D eigenvalue weighted by Gasteiger charge is -2.44. The van der Waals surface area contributed by atoms with Crippen LogP contribution in [0.3, 0.4) is 0 Å². The van der Waals surface area contributed by atoms with E-state index in [9.17, 15) is 0 Å². The van der Waals surface area contributed by atoms with E-state index in [1.54, 1.807) is 0 Å². The van der Waals surface area contributed by atoms with E-state index in [0.717, 1.165) is 0 Å². The highest BCUT2D eigenvalue weighted by Crippen LogP contribution is 2.55. The molecule has 0 radical (unpaired) electrons. The maximum Gasteiger partial charge on any atom is 1.00 e. The van der Waals surface area contributed by atoms with Crippen molar-refractivity contribution in [1.82, 2.24) is 0 Å². The molecule has 0 aliphatic heterocycles. The molecule has 0 spiro atoms. The Morgan fingerprint density at radius 1 is 0.429 bits per heavy atom. The summed E-state index contributed by atoms with van der Waals surface area (Å²) in [5.41, 5.74) is 5.36. The van der Waals surface area contributed by atoms with Gasteiger partial charge in [-0.3, -0.25) is 0 Å². The van der Waals surface area contributed by atoms with Crippen LogP contribution < -0.4 is 21.9 Å². The van der Waals surface area contributed by atoms with Crippen LogP contribution in [0.25, 0.3) is 0 Å². The Labute approximate surface area is 217 Å². The lowest BCUT2D eigenvalue weighted by molar-refractivity contribution is 0.711. The standard InChI is InChI=1S/C24H20B.C9H21P/c1-5-13-21(14-6-1)25(22-15-7-2-8-16-22,23-17-9-3-10-18-23)24-19-11-4-12-20-24;1-8(2,3)10(7)9(4,5)6/h1-20H;1-7H3/q-1;/p+1. The molecule has 0 heterocycles. The van der Waals surface area contributed by atoms with Crippen LogP contribution >= 0.6 is 7.92 Å². The van der Waals surface area contributed by atoms with Crippen LogP contribution in [-0.2, 0) is 0 Å². The molecular weight excluding hydrogens is 438 g/mol. The third-order valence-electron chi connectivity index (χ3n) is 7.21. The summed E-state index contributed by atoms with van der Waals surface area (Å²) in [5.74, 6) is 0. The van der Waals surface area contributed by atoms with Gasteiger partial charge >= 0.3 is 1.43 Å². The smallest absolute Gasteiger partial charge is 0.195 e. The quantitative estimate of drug-likeness (QED) is 0.221. The van der Waals surface area contributed by atoms with Gasteiger partial charge in [-0.05, 0) is 17.0 Å². The zero-order valence-electron chi connectivity index (χ0n) is 23.6. The molecule has 0 saturated heterocycles. The second-order valence-electron chi connectivity index (χ2n) is 11.4. The van der Waals surface area contributed by atoms with E-state index in [1.165, 1.54) is 21.9 Å². The van der Waals surface area contributed by atoms with Gasteiger partial charge in [-0.15, -0.1) is 0 Å². The van der Waals surface area contributed by atoms with E-state index in [-0.39, 0.29) is 9.35 Å². The summed E-state index contributed by atoms with van der Waals surface area (Å²) in [6, 6.07) is 43.5. The molecule has 0 aliphatic rings. The highest BCUT2D eigenvalue weighted by Gasteiger charge is 2.31. The van der Waals surface area contributed by atoms with Gasteiger partial charge in [0, 0.05) is 0 Å². The van der Waals surface area contributed by atoms with Crippen molar-refractivity contribution in [3.63, 3.8) is 0 Å². The Balaban J connectivity index is 0.000000357. The number of benzene rings is 4. The summed E-state index contributed by atoms with van der Waals surface area (Å²) in [6.07, 6.45) is -1.22. The molecule has 35 heavy (non-hydrogen) atoms. The fraction of sp³-hybridized carbons (Fsp3) is 0.273. The van der Waals surface area contributed by atoms with Gasteiger partial charge in [0.2, 0.25) is 0 Å². The molecule has 4 aromatic carbocycles. The van der Waals surface area contributed by atoms with E-state index < -0.39 is 6.15 Å². The third-order valence-corrected chi connectivity index (χ3v) is 11.2. The van der Waals surface area contributed by atoms with Crippen LogP contribution in [0.15, 0.2) is 121 Å². The molecule has 0 saturated carbocycles. The van der Waals surface area contributed by atoms with Gasteiger partial charge in [-0.25, -0.2) is 0 Å². The molecule has 0 N–H and O–H groups in total. The van der Waals surface area contributed by atoms with Crippen molar-refractivity contribution in [2.24, 2.45) is 0 Å². The summed E-state index contributed by atoms with van der Waals surface area (Å²) in [5, 5.41) is 1.02. The largest absolute Gasteiger partial charge is 1.00 e. The first-order valence-corrected chi connectivity index (χ1v) is 14.5. The Morgan fingerprint density at radius 2 is 0.629 bits per heavy atom. The summed E-state index contributed by atoms with van der Waals surface area (Å²) in [4.78, 5) is 0. The molecule has 0 bridgehead atoms. The molecule has 2 heteroatoms. The molecule has 0 aliphatic carbocycles. The first kappa shape index (κ1) is 27.0. The van der Waals surface area contributed by atoms with Crippen LogP contribution in [0.4, 0.5) is 0 Å². The summed E-state index contributed by atoms with van der Waals surface area (Å²) >= 11 is 0. The Bertz CT molecular complexity index is 971. The van der Waals surface area contributed by atoms with Crippen molar-refractivity contribution in [3.8, 4) is 0 Å². The lowest BCUT2D eigenvalue weighted by Crippen LogP contribution is -2.74. The first-order chi connectivity index (χ1) is 16.6. The van der Waals surface area contributed by atoms with Crippen LogP contribution in [-0.4, -0.2) is 23.1 Å². The van der Waals surface area contributed by atoms with E-state index in [1.807, 2.05) is 0 Å². The van der Waals surface area contributed by atoms with Crippen LogP contribution in [0, 0.1) is 0 Å². The second kappa shape index (κ2) is 11.4. The molecule has 0 unspecified atom stereocenters. The first-order valence-electron chi connectivity index (χ1n) is 12.7. The molecular formula is C33H42BP. The predicted molar refractivity (Wildman–Crippen MR) is 164 cm³/mol. The van der Waals surface area contributed by atoms with Gasteiger partial charge < -0.3 is 0 Å². The van der Waals surface area contributed by atoms with Crippen LogP contribution in [0.2, 0.25) is 0 Å². The van der Waals surface area contributed by atoms with Crippen molar-refractivity contribution < 1.29 is 1.43 Å². The summed E-state index contributed by atoms with van der Waals surface area (Å²) in [6.45, 7) is 16.4. The Morgan fingerprint density at radius 3 is 0.771 bits per heavy atom. The van der Waals surface area contributed by atoms with E-state index in [0.29, 0.717) is 10.3 Å². The average Bonchev–Trinajstić information content (AvgIpc) is 2.86. The third kappa shape index (κ3) is 6.33. The number of rotatable bonds is 4. The highest BCUT2D eigenvalue weighted by molar-refractivity contribution is 7.60. The van der Waals surface area contributed by atoms with Crippen molar-refractivity contribution in [3.05, 3.63) is 121 Å². The fourth-order valence-corrected chi connectivity index (χ4v) is 7.14.